The first-order chi connectivity index (χ1) is 16.7. The van der Waals surface area contributed by atoms with Crippen LogP contribution in [0, 0.1) is 5.82 Å². The Morgan fingerprint density at radius 3 is 2.63 bits per heavy atom. The Kier molecular flexibility index (Phi) is 7.71. The topological polar surface area (TPSA) is 70.7 Å². The number of ether oxygens (including phenoxy) is 1. The molecule has 35 heavy (non-hydrogen) atoms. The Morgan fingerprint density at radius 1 is 1.14 bits per heavy atom. The van der Waals surface area contributed by atoms with E-state index in [2.05, 4.69) is 10.6 Å². The Balaban J connectivity index is 1.35. The third kappa shape index (κ3) is 6.37. The molecule has 6 nitrogen and oxygen atoms in total. The van der Waals surface area contributed by atoms with E-state index >= 15 is 0 Å². The normalized spacial score (nSPS) is 16.6. The lowest BCUT2D eigenvalue weighted by molar-refractivity contribution is -0.140. The monoisotopic (exact) mass is 493 g/mol. The van der Waals surface area contributed by atoms with Gasteiger partial charge in [0, 0.05) is 18.8 Å². The average Bonchev–Trinajstić information content (AvgIpc) is 2.82. The highest BCUT2D eigenvalue weighted by molar-refractivity contribution is 5.93. The Morgan fingerprint density at radius 2 is 1.91 bits per heavy atom. The average molecular weight is 494 g/mol. The van der Waals surface area contributed by atoms with Crippen molar-refractivity contribution >= 4 is 17.5 Å². The number of alkyl halides is 3. The molecule has 1 saturated heterocycles. The summed E-state index contributed by atoms with van der Waals surface area (Å²) < 4.78 is 57.8. The molecular weight excluding hydrogens is 466 g/mol. The van der Waals surface area contributed by atoms with Crippen LogP contribution in [-0.2, 0) is 39.9 Å². The molecule has 2 N–H and O–H groups in total. The summed E-state index contributed by atoms with van der Waals surface area (Å²) in [5.41, 5.74) is 1.17. The highest BCUT2D eigenvalue weighted by atomic mass is 19.4. The van der Waals surface area contributed by atoms with Crippen molar-refractivity contribution in [2.24, 2.45) is 0 Å². The number of hydrogen-bond donors (Lipinski definition) is 2. The molecule has 188 valence electrons. The second kappa shape index (κ2) is 10.7. The van der Waals surface area contributed by atoms with E-state index in [1.54, 1.807) is 17.0 Å². The van der Waals surface area contributed by atoms with E-state index in [0.717, 1.165) is 49.2 Å². The molecule has 0 atom stereocenters. The van der Waals surface area contributed by atoms with Crippen LogP contribution in [0.5, 0.6) is 0 Å². The molecule has 0 radical (unpaired) electrons. The summed E-state index contributed by atoms with van der Waals surface area (Å²) in [4.78, 5) is 26.9. The number of nitrogens with one attached hydrogen (secondary N) is 2. The van der Waals surface area contributed by atoms with E-state index in [1.165, 1.54) is 0 Å². The molecule has 0 aromatic heterocycles. The lowest BCUT2D eigenvalue weighted by atomic mass is 9.97. The number of amides is 2. The molecular formula is C25H27F4N3O3. The molecule has 4 rings (SSSR count). The Hall–Kier alpha value is -2.98. The number of benzene rings is 2. The van der Waals surface area contributed by atoms with Crippen LogP contribution in [0.25, 0.3) is 0 Å². The molecule has 0 spiro atoms. The molecule has 2 aromatic rings. The first-order valence-corrected chi connectivity index (χ1v) is 11.6. The van der Waals surface area contributed by atoms with Crippen LogP contribution >= 0.6 is 0 Å². The van der Waals surface area contributed by atoms with Gasteiger partial charge >= 0.3 is 6.18 Å². The minimum atomic E-state index is -4.79. The predicted molar refractivity (Wildman–Crippen MR) is 121 cm³/mol. The van der Waals surface area contributed by atoms with Crippen LogP contribution in [0.2, 0.25) is 0 Å². The smallest absolute Gasteiger partial charge is 0.368 e. The number of nitrogens with zero attached hydrogens (tertiary/aromatic N) is 1. The number of hydrogen-bond acceptors (Lipinski definition) is 4. The van der Waals surface area contributed by atoms with Crippen molar-refractivity contribution in [1.29, 1.82) is 0 Å². The predicted octanol–water partition coefficient (Wildman–Crippen LogP) is 3.68. The minimum Gasteiger partial charge on any atom is -0.368 e. The van der Waals surface area contributed by atoms with Crippen LogP contribution in [-0.4, -0.2) is 49.1 Å². The van der Waals surface area contributed by atoms with Gasteiger partial charge in [0.1, 0.15) is 12.4 Å². The van der Waals surface area contributed by atoms with Crippen molar-refractivity contribution < 1.29 is 31.9 Å². The molecule has 2 amide bonds. The number of piperidine rings is 1. The van der Waals surface area contributed by atoms with Crippen LogP contribution in [0.3, 0.4) is 0 Å². The third-order valence-electron chi connectivity index (χ3n) is 6.33. The number of halogens is 4. The van der Waals surface area contributed by atoms with Gasteiger partial charge in [-0.3, -0.25) is 9.59 Å². The largest absolute Gasteiger partial charge is 0.419 e. The number of rotatable bonds is 6. The molecule has 0 unspecified atom stereocenters. The molecule has 10 heteroatoms. The quantitative estimate of drug-likeness (QED) is 0.603. The molecule has 2 aliphatic heterocycles. The highest BCUT2D eigenvalue weighted by Crippen LogP contribution is 2.32. The van der Waals surface area contributed by atoms with Crippen molar-refractivity contribution in [1.82, 2.24) is 10.2 Å². The number of fused-ring (bicyclic) bond motifs is 1. The first kappa shape index (κ1) is 25.1. The summed E-state index contributed by atoms with van der Waals surface area (Å²) in [6.07, 6.45) is -2.64. The Bertz CT molecular complexity index is 1080. The molecule has 0 bridgehead atoms. The summed E-state index contributed by atoms with van der Waals surface area (Å²) >= 11 is 0. The maximum absolute atomic E-state index is 13.8. The fourth-order valence-electron chi connectivity index (χ4n) is 4.46. The van der Waals surface area contributed by atoms with Gasteiger partial charge in [-0.05, 0) is 67.2 Å². The molecule has 0 saturated carbocycles. The van der Waals surface area contributed by atoms with E-state index in [0.29, 0.717) is 31.3 Å². The van der Waals surface area contributed by atoms with Gasteiger partial charge in [0.2, 0.25) is 11.8 Å². The van der Waals surface area contributed by atoms with Crippen LogP contribution in [0.15, 0.2) is 36.4 Å². The van der Waals surface area contributed by atoms with Gasteiger partial charge in [0.05, 0.1) is 18.1 Å². The summed E-state index contributed by atoms with van der Waals surface area (Å²) in [6.45, 7) is 2.70. The molecule has 1 fully saturated rings. The van der Waals surface area contributed by atoms with Crippen LogP contribution in [0.4, 0.5) is 23.2 Å². The van der Waals surface area contributed by atoms with E-state index in [-0.39, 0.29) is 30.6 Å². The van der Waals surface area contributed by atoms with Crippen molar-refractivity contribution in [3.63, 3.8) is 0 Å². The van der Waals surface area contributed by atoms with Crippen molar-refractivity contribution in [2.45, 2.75) is 44.5 Å². The number of carbonyl (C=O) groups excluding carboxylic acids is 2. The zero-order valence-electron chi connectivity index (χ0n) is 19.1. The lowest BCUT2D eigenvalue weighted by Crippen LogP contribution is -2.40. The van der Waals surface area contributed by atoms with Gasteiger partial charge < -0.3 is 20.3 Å². The molecule has 2 aliphatic rings. The summed E-state index contributed by atoms with van der Waals surface area (Å²) in [6, 6.07) is 7.87. The maximum atomic E-state index is 13.8. The van der Waals surface area contributed by atoms with Crippen molar-refractivity contribution in [2.75, 3.05) is 31.6 Å². The van der Waals surface area contributed by atoms with Gasteiger partial charge in [0.15, 0.2) is 0 Å². The summed E-state index contributed by atoms with van der Waals surface area (Å²) in [5.74, 6) is -1.95. The summed E-state index contributed by atoms with van der Waals surface area (Å²) in [5, 5.41) is 6.03. The molecule has 2 heterocycles. The fraction of sp³-hybridized carbons (Fsp3) is 0.440. The third-order valence-corrected chi connectivity index (χ3v) is 6.33. The standard InChI is InChI=1S/C25H27F4N3O3/c26-21-12-16(4-5-20(21)25(27,28)29)13-23(33)31-22-3-1-2-17-14-32(11-8-19(17)22)24(34)15-35-18-6-9-30-10-7-18/h1-5,12,18,30H,6-11,13-15H2,(H,31,33). The van der Waals surface area contributed by atoms with Gasteiger partial charge in [0.25, 0.3) is 0 Å². The first-order valence-electron chi connectivity index (χ1n) is 11.6. The second-order valence-corrected chi connectivity index (χ2v) is 8.81. The number of carbonyl (C=O) groups is 2. The van der Waals surface area contributed by atoms with E-state index in [1.807, 2.05) is 6.07 Å². The lowest BCUT2D eigenvalue weighted by Gasteiger charge is -2.31. The highest BCUT2D eigenvalue weighted by Gasteiger charge is 2.34. The van der Waals surface area contributed by atoms with Crippen LogP contribution < -0.4 is 10.6 Å². The maximum Gasteiger partial charge on any atom is 0.419 e. The van der Waals surface area contributed by atoms with Gasteiger partial charge in [-0.25, -0.2) is 4.39 Å². The van der Waals surface area contributed by atoms with Crippen LogP contribution in [0.1, 0.15) is 35.1 Å². The summed E-state index contributed by atoms with van der Waals surface area (Å²) in [7, 11) is 0. The van der Waals surface area contributed by atoms with Gasteiger partial charge in [-0.15, -0.1) is 0 Å². The van der Waals surface area contributed by atoms with Crippen molar-refractivity contribution in [3.05, 3.63) is 64.5 Å². The second-order valence-electron chi connectivity index (χ2n) is 8.81. The van der Waals surface area contributed by atoms with E-state index in [9.17, 15) is 27.2 Å². The fourth-order valence-corrected chi connectivity index (χ4v) is 4.46. The van der Waals surface area contributed by atoms with E-state index < -0.39 is 23.5 Å². The van der Waals surface area contributed by atoms with Gasteiger partial charge in [-0.2, -0.15) is 13.2 Å². The van der Waals surface area contributed by atoms with Crippen molar-refractivity contribution in [3.8, 4) is 0 Å². The minimum absolute atomic E-state index is 0.0418. The van der Waals surface area contributed by atoms with Gasteiger partial charge in [-0.1, -0.05) is 18.2 Å². The molecule has 2 aromatic carbocycles. The Labute approximate surface area is 200 Å². The SMILES string of the molecule is O=C(Cc1ccc(C(F)(F)F)c(F)c1)Nc1cccc2c1CCN(C(=O)COC1CCNCC1)C2. The molecule has 0 aliphatic carbocycles. The van der Waals surface area contributed by atoms with E-state index in [4.69, 9.17) is 4.74 Å². The zero-order chi connectivity index (χ0) is 25.0. The zero-order valence-corrected chi connectivity index (χ0v) is 19.1. The number of anilines is 1.